The van der Waals surface area contributed by atoms with E-state index in [1.807, 2.05) is 6.92 Å². The van der Waals surface area contributed by atoms with Crippen LogP contribution in [0.1, 0.15) is 37.0 Å². The summed E-state index contributed by atoms with van der Waals surface area (Å²) < 4.78 is 0. The second-order valence-corrected chi connectivity index (χ2v) is 4.37. The Kier molecular flexibility index (Phi) is 5.73. The molecule has 0 spiro atoms. The SMILES string of the molecule is CCCC(C)C(=O)NC(=N)NC(=O)c1ccccc1. The van der Waals surface area contributed by atoms with Gasteiger partial charge in [0.2, 0.25) is 11.9 Å². The van der Waals surface area contributed by atoms with Crippen LogP contribution in [0.2, 0.25) is 0 Å². The topological polar surface area (TPSA) is 82.1 Å². The summed E-state index contributed by atoms with van der Waals surface area (Å²) >= 11 is 0. The van der Waals surface area contributed by atoms with Gasteiger partial charge in [-0.15, -0.1) is 0 Å². The van der Waals surface area contributed by atoms with Gasteiger partial charge in [-0.3, -0.25) is 25.6 Å². The van der Waals surface area contributed by atoms with Crippen molar-refractivity contribution in [2.45, 2.75) is 26.7 Å². The van der Waals surface area contributed by atoms with Gasteiger partial charge >= 0.3 is 0 Å². The molecule has 1 rings (SSSR count). The molecule has 0 aliphatic carbocycles. The summed E-state index contributed by atoms with van der Waals surface area (Å²) in [6.07, 6.45) is 1.66. The minimum absolute atomic E-state index is 0.168. The van der Waals surface area contributed by atoms with Gasteiger partial charge in [0.1, 0.15) is 0 Å². The van der Waals surface area contributed by atoms with Crippen LogP contribution in [0.25, 0.3) is 0 Å². The van der Waals surface area contributed by atoms with E-state index in [1.54, 1.807) is 37.3 Å². The first-order valence-corrected chi connectivity index (χ1v) is 6.30. The van der Waals surface area contributed by atoms with Crippen molar-refractivity contribution in [3.05, 3.63) is 35.9 Å². The van der Waals surface area contributed by atoms with E-state index in [9.17, 15) is 9.59 Å². The Hall–Kier alpha value is -2.17. The number of carbonyl (C=O) groups excluding carboxylic acids is 2. The Balaban J connectivity index is 2.48. The standard InChI is InChI=1S/C14H19N3O2/c1-3-7-10(2)12(18)16-14(15)17-13(19)11-8-5-4-6-9-11/h4-6,8-10H,3,7H2,1-2H3,(H3,15,16,17,18,19). The number of carbonyl (C=O) groups is 2. The fraction of sp³-hybridized carbons (Fsp3) is 0.357. The van der Waals surface area contributed by atoms with Crippen LogP contribution in [0.4, 0.5) is 0 Å². The lowest BCUT2D eigenvalue weighted by Crippen LogP contribution is -2.44. The second kappa shape index (κ2) is 7.31. The van der Waals surface area contributed by atoms with Crippen LogP contribution in [0.3, 0.4) is 0 Å². The molecule has 0 heterocycles. The largest absolute Gasteiger partial charge is 0.296 e. The predicted molar refractivity (Wildman–Crippen MR) is 73.8 cm³/mol. The zero-order chi connectivity index (χ0) is 14.3. The van der Waals surface area contributed by atoms with Crippen molar-refractivity contribution in [2.24, 2.45) is 5.92 Å². The van der Waals surface area contributed by atoms with Crippen LogP contribution in [-0.4, -0.2) is 17.8 Å². The minimum Gasteiger partial charge on any atom is -0.296 e. The zero-order valence-corrected chi connectivity index (χ0v) is 11.2. The third kappa shape index (κ3) is 4.91. The number of nitrogens with one attached hydrogen (secondary N) is 3. The number of benzene rings is 1. The fourth-order valence-electron chi connectivity index (χ4n) is 1.62. The molecule has 3 N–H and O–H groups in total. The molecule has 0 saturated carbocycles. The van der Waals surface area contributed by atoms with Gasteiger partial charge in [-0.05, 0) is 18.6 Å². The first-order chi connectivity index (χ1) is 9.04. The molecule has 5 nitrogen and oxygen atoms in total. The average molecular weight is 261 g/mol. The highest BCUT2D eigenvalue weighted by Gasteiger charge is 2.14. The maximum Gasteiger partial charge on any atom is 0.257 e. The van der Waals surface area contributed by atoms with Gasteiger partial charge in [-0.25, -0.2) is 0 Å². The van der Waals surface area contributed by atoms with E-state index in [2.05, 4.69) is 10.6 Å². The first-order valence-electron chi connectivity index (χ1n) is 6.30. The second-order valence-electron chi connectivity index (χ2n) is 4.37. The minimum atomic E-state index is -0.408. The molecule has 102 valence electrons. The van der Waals surface area contributed by atoms with Gasteiger partial charge < -0.3 is 0 Å². The van der Waals surface area contributed by atoms with Crippen molar-refractivity contribution in [3.8, 4) is 0 Å². The maximum atomic E-state index is 11.7. The number of hydrogen-bond donors (Lipinski definition) is 3. The van der Waals surface area contributed by atoms with Crippen LogP contribution in [-0.2, 0) is 4.79 Å². The van der Waals surface area contributed by atoms with Crippen molar-refractivity contribution in [2.75, 3.05) is 0 Å². The van der Waals surface area contributed by atoms with Gasteiger partial charge in [0, 0.05) is 11.5 Å². The van der Waals surface area contributed by atoms with Gasteiger partial charge in [0.15, 0.2) is 0 Å². The summed E-state index contributed by atoms with van der Waals surface area (Å²) in [5.74, 6) is -1.12. The van der Waals surface area contributed by atoms with Crippen LogP contribution < -0.4 is 10.6 Å². The summed E-state index contributed by atoms with van der Waals surface area (Å²) in [6, 6.07) is 8.56. The highest BCUT2D eigenvalue weighted by atomic mass is 16.2. The lowest BCUT2D eigenvalue weighted by atomic mass is 10.1. The molecule has 0 fully saturated rings. The zero-order valence-electron chi connectivity index (χ0n) is 11.2. The summed E-state index contributed by atoms with van der Waals surface area (Å²) in [4.78, 5) is 23.4. The van der Waals surface area contributed by atoms with E-state index >= 15 is 0 Å². The molecule has 2 amide bonds. The predicted octanol–water partition coefficient (Wildman–Crippen LogP) is 1.90. The van der Waals surface area contributed by atoms with Crippen molar-refractivity contribution in [1.29, 1.82) is 5.41 Å². The summed E-state index contributed by atoms with van der Waals surface area (Å²) in [5.41, 5.74) is 0.447. The Morgan fingerprint density at radius 1 is 1.21 bits per heavy atom. The highest BCUT2D eigenvalue weighted by Crippen LogP contribution is 2.04. The molecule has 0 radical (unpaired) electrons. The van der Waals surface area contributed by atoms with E-state index in [1.165, 1.54) is 0 Å². The third-order valence-corrected chi connectivity index (χ3v) is 2.69. The van der Waals surface area contributed by atoms with Crippen LogP contribution in [0.15, 0.2) is 30.3 Å². The molecule has 0 aromatic heterocycles. The highest BCUT2D eigenvalue weighted by molar-refractivity contribution is 6.08. The van der Waals surface area contributed by atoms with Crippen molar-refractivity contribution >= 4 is 17.8 Å². The number of amides is 2. The van der Waals surface area contributed by atoms with Crippen LogP contribution in [0.5, 0.6) is 0 Å². The Bertz CT molecular complexity index is 457. The lowest BCUT2D eigenvalue weighted by molar-refractivity contribution is -0.123. The van der Waals surface area contributed by atoms with Gasteiger partial charge in [-0.1, -0.05) is 38.5 Å². The summed E-state index contributed by atoms with van der Waals surface area (Å²) in [7, 11) is 0. The number of guanidine groups is 1. The molecular formula is C14H19N3O2. The Morgan fingerprint density at radius 3 is 2.42 bits per heavy atom. The van der Waals surface area contributed by atoms with Crippen molar-refractivity contribution in [1.82, 2.24) is 10.6 Å². The van der Waals surface area contributed by atoms with E-state index in [4.69, 9.17) is 5.41 Å². The van der Waals surface area contributed by atoms with E-state index in [-0.39, 0.29) is 17.8 Å². The third-order valence-electron chi connectivity index (χ3n) is 2.69. The fourth-order valence-corrected chi connectivity index (χ4v) is 1.62. The van der Waals surface area contributed by atoms with Crippen LogP contribution >= 0.6 is 0 Å². The summed E-state index contributed by atoms with van der Waals surface area (Å²) in [6.45, 7) is 3.79. The Morgan fingerprint density at radius 2 is 1.84 bits per heavy atom. The molecule has 1 aromatic rings. The van der Waals surface area contributed by atoms with Gasteiger partial charge in [0.25, 0.3) is 5.91 Å². The first kappa shape index (κ1) is 14.9. The van der Waals surface area contributed by atoms with E-state index in [0.29, 0.717) is 5.56 Å². The number of hydrogen-bond acceptors (Lipinski definition) is 3. The van der Waals surface area contributed by atoms with Crippen molar-refractivity contribution in [3.63, 3.8) is 0 Å². The smallest absolute Gasteiger partial charge is 0.257 e. The van der Waals surface area contributed by atoms with E-state index in [0.717, 1.165) is 12.8 Å². The Labute approximate surface area is 112 Å². The monoisotopic (exact) mass is 261 g/mol. The van der Waals surface area contributed by atoms with Crippen LogP contribution in [0, 0.1) is 11.3 Å². The molecule has 5 heteroatoms. The maximum absolute atomic E-state index is 11.7. The molecule has 0 aliphatic heterocycles. The molecule has 1 unspecified atom stereocenters. The molecule has 19 heavy (non-hydrogen) atoms. The average Bonchev–Trinajstić information content (AvgIpc) is 2.39. The quantitative estimate of drug-likeness (QED) is 0.571. The number of rotatable bonds is 4. The molecule has 1 atom stereocenters. The summed E-state index contributed by atoms with van der Waals surface area (Å²) in [5, 5.41) is 12.3. The molecule has 0 saturated heterocycles. The molecule has 1 aromatic carbocycles. The molecule has 0 bridgehead atoms. The molecule has 0 aliphatic rings. The van der Waals surface area contributed by atoms with Gasteiger partial charge in [-0.2, -0.15) is 0 Å². The van der Waals surface area contributed by atoms with Gasteiger partial charge in [0.05, 0.1) is 0 Å². The normalized spacial score (nSPS) is 11.5. The lowest BCUT2D eigenvalue weighted by Gasteiger charge is -2.12. The van der Waals surface area contributed by atoms with Crippen molar-refractivity contribution < 1.29 is 9.59 Å². The van der Waals surface area contributed by atoms with E-state index < -0.39 is 5.91 Å². The molecular weight excluding hydrogens is 242 g/mol.